The third-order valence-corrected chi connectivity index (χ3v) is 3.90. The summed E-state index contributed by atoms with van der Waals surface area (Å²) < 4.78 is 15.0. The van der Waals surface area contributed by atoms with Gasteiger partial charge in [0.15, 0.2) is 0 Å². The van der Waals surface area contributed by atoms with E-state index in [1.807, 2.05) is 6.20 Å². The molecule has 2 rings (SSSR count). The van der Waals surface area contributed by atoms with Crippen molar-refractivity contribution >= 4 is 0 Å². The Labute approximate surface area is 142 Å². The Bertz CT molecular complexity index is 628. The topological polar surface area (TPSA) is 61.5 Å². The van der Waals surface area contributed by atoms with E-state index in [9.17, 15) is 9.50 Å². The van der Waals surface area contributed by atoms with Crippen molar-refractivity contribution in [3.05, 3.63) is 41.8 Å². The van der Waals surface area contributed by atoms with Crippen molar-refractivity contribution in [2.24, 2.45) is 0 Å². The highest BCUT2D eigenvalue weighted by Crippen LogP contribution is 2.24. The molecule has 1 aromatic heterocycles. The summed E-state index contributed by atoms with van der Waals surface area (Å²) in [6.45, 7) is 4.14. The number of aromatic nitrogens is 2. The van der Waals surface area contributed by atoms with Gasteiger partial charge in [-0.3, -0.25) is 4.68 Å². The van der Waals surface area contributed by atoms with Gasteiger partial charge in [-0.2, -0.15) is 5.10 Å². The predicted octanol–water partition coefficient (Wildman–Crippen LogP) is 2.27. The molecule has 1 unspecified atom stereocenters. The second-order valence-electron chi connectivity index (χ2n) is 6.14. The minimum absolute atomic E-state index is 0.252. The maximum Gasteiger partial charge on any atom is 0.123 e. The lowest BCUT2D eigenvalue weighted by Gasteiger charge is -2.15. The Kier molecular flexibility index (Phi) is 6.90. The Morgan fingerprint density at radius 2 is 2.00 bits per heavy atom. The number of aryl methyl sites for hydroxylation is 1. The van der Waals surface area contributed by atoms with E-state index in [1.54, 1.807) is 16.8 Å². The molecule has 0 saturated heterocycles. The van der Waals surface area contributed by atoms with Crippen LogP contribution in [0.25, 0.3) is 11.3 Å². The van der Waals surface area contributed by atoms with Gasteiger partial charge >= 0.3 is 0 Å². The molecule has 132 valence electrons. The molecule has 0 amide bonds. The first-order chi connectivity index (χ1) is 11.5. The first-order valence-electron chi connectivity index (χ1n) is 8.33. The van der Waals surface area contributed by atoms with E-state index in [1.165, 1.54) is 12.1 Å². The normalized spacial score (nSPS) is 12.8. The fourth-order valence-electron chi connectivity index (χ4n) is 2.67. The van der Waals surface area contributed by atoms with Crippen LogP contribution in [-0.2, 0) is 13.1 Å². The molecule has 6 heteroatoms. The first-order valence-corrected chi connectivity index (χ1v) is 8.33. The van der Waals surface area contributed by atoms with Gasteiger partial charge in [-0.05, 0) is 50.7 Å². The lowest BCUT2D eigenvalue weighted by Crippen LogP contribution is -2.18. The minimum atomic E-state index is -0.741. The standard InChI is InChI=1S/C18H26FN3O2/c1-3-9-21(2)11-15-12-22(10-8-17(24)13-23)20-18(15)14-4-6-16(19)7-5-14/h4-7,12,17,23-24H,3,8-11,13H2,1-2H3. The summed E-state index contributed by atoms with van der Waals surface area (Å²) in [4.78, 5) is 2.22. The van der Waals surface area contributed by atoms with Gasteiger partial charge in [0, 0.05) is 30.4 Å². The third-order valence-electron chi connectivity index (χ3n) is 3.90. The zero-order chi connectivity index (χ0) is 17.5. The van der Waals surface area contributed by atoms with Crippen LogP contribution in [0.15, 0.2) is 30.5 Å². The van der Waals surface area contributed by atoms with Gasteiger partial charge in [-0.1, -0.05) is 6.92 Å². The van der Waals surface area contributed by atoms with Gasteiger partial charge < -0.3 is 15.1 Å². The van der Waals surface area contributed by atoms with Gasteiger partial charge in [0.1, 0.15) is 5.82 Å². The smallest absolute Gasteiger partial charge is 0.123 e. The van der Waals surface area contributed by atoms with E-state index < -0.39 is 6.10 Å². The summed E-state index contributed by atoms with van der Waals surface area (Å²) in [5.41, 5.74) is 2.77. The van der Waals surface area contributed by atoms with Crippen LogP contribution in [-0.4, -0.2) is 51.2 Å². The van der Waals surface area contributed by atoms with Crippen molar-refractivity contribution in [1.82, 2.24) is 14.7 Å². The molecule has 0 aliphatic rings. The average molecular weight is 335 g/mol. The van der Waals surface area contributed by atoms with Crippen molar-refractivity contribution in [2.45, 2.75) is 39.0 Å². The van der Waals surface area contributed by atoms with Gasteiger partial charge in [0.05, 0.1) is 18.4 Å². The van der Waals surface area contributed by atoms with E-state index in [2.05, 4.69) is 24.0 Å². The summed E-state index contributed by atoms with van der Waals surface area (Å²) in [5.74, 6) is -0.270. The Balaban J connectivity index is 2.24. The molecule has 2 aromatic rings. The summed E-state index contributed by atoms with van der Waals surface area (Å²) >= 11 is 0. The molecule has 0 spiro atoms. The van der Waals surface area contributed by atoms with Gasteiger partial charge in [-0.25, -0.2) is 4.39 Å². The van der Waals surface area contributed by atoms with Crippen LogP contribution in [0.2, 0.25) is 0 Å². The van der Waals surface area contributed by atoms with Crippen LogP contribution in [0.3, 0.4) is 0 Å². The van der Waals surface area contributed by atoms with Crippen LogP contribution in [0.1, 0.15) is 25.3 Å². The van der Waals surface area contributed by atoms with E-state index >= 15 is 0 Å². The number of hydrogen-bond donors (Lipinski definition) is 2. The number of rotatable bonds is 9. The molecule has 0 saturated carbocycles. The first kappa shape index (κ1) is 18.6. The SMILES string of the molecule is CCCN(C)Cc1cn(CCC(O)CO)nc1-c1ccc(F)cc1. The van der Waals surface area contributed by atoms with Gasteiger partial charge in [0.2, 0.25) is 0 Å². The van der Waals surface area contributed by atoms with Gasteiger partial charge in [-0.15, -0.1) is 0 Å². The molecule has 0 aliphatic heterocycles. The molecule has 0 aliphatic carbocycles. The lowest BCUT2D eigenvalue weighted by atomic mass is 10.1. The molecule has 0 fully saturated rings. The maximum atomic E-state index is 13.2. The second-order valence-corrected chi connectivity index (χ2v) is 6.14. The van der Waals surface area contributed by atoms with Crippen LogP contribution < -0.4 is 0 Å². The van der Waals surface area contributed by atoms with Crippen molar-refractivity contribution in [3.63, 3.8) is 0 Å². The van der Waals surface area contributed by atoms with Crippen molar-refractivity contribution < 1.29 is 14.6 Å². The number of benzene rings is 1. The number of aliphatic hydroxyl groups is 2. The molecule has 24 heavy (non-hydrogen) atoms. The van der Waals surface area contributed by atoms with E-state index in [0.717, 1.165) is 36.3 Å². The monoisotopic (exact) mass is 335 g/mol. The number of nitrogens with zero attached hydrogens (tertiary/aromatic N) is 3. The summed E-state index contributed by atoms with van der Waals surface area (Å²) in [5, 5.41) is 23.1. The highest BCUT2D eigenvalue weighted by atomic mass is 19.1. The molecular formula is C18H26FN3O2. The third kappa shape index (κ3) is 5.12. The Hall–Kier alpha value is -1.76. The Morgan fingerprint density at radius 1 is 1.29 bits per heavy atom. The van der Waals surface area contributed by atoms with Crippen molar-refractivity contribution in [2.75, 3.05) is 20.2 Å². The molecule has 1 aromatic carbocycles. The molecule has 0 radical (unpaired) electrons. The molecule has 1 atom stereocenters. The minimum Gasteiger partial charge on any atom is -0.394 e. The largest absolute Gasteiger partial charge is 0.394 e. The zero-order valence-electron chi connectivity index (χ0n) is 14.3. The quantitative estimate of drug-likeness (QED) is 0.738. The number of aliphatic hydroxyl groups excluding tert-OH is 2. The molecule has 2 N–H and O–H groups in total. The predicted molar refractivity (Wildman–Crippen MR) is 92.0 cm³/mol. The summed E-state index contributed by atoms with van der Waals surface area (Å²) in [7, 11) is 2.06. The highest BCUT2D eigenvalue weighted by molar-refractivity contribution is 5.62. The van der Waals surface area contributed by atoms with E-state index in [0.29, 0.717) is 13.0 Å². The second kappa shape index (κ2) is 8.92. The summed E-state index contributed by atoms with van der Waals surface area (Å²) in [6, 6.07) is 6.33. The van der Waals surface area contributed by atoms with Crippen LogP contribution in [0.5, 0.6) is 0 Å². The molecule has 0 bridgehead atoms. The van der Waals surface area contributed by atoms with Crippen molar-refractivity contribution in [3.8, 4) is 11.3 Å². The van der Waals surface area contributed by atoms with Crippen LogP contribution in [0.4, 0.5) is 4.39 Å². The average Bonchev–Trinajstić information content (AvgIpc) is 2.96. The molecular weight excluding hydrogens is 309 g/mol. The van der Waals surface area contributed by atoms with Gasteiger partial charge in [0.25, 0.3) is 0 Å². The fourth-order valence-corrected chi connectivity index (χ4v) is 2.67. The fraction of sp³-hybridized carbons (Fsp3) is 0.500. The van der Waals surface area contributed by atoms with Crippen LogP contribution >= 0.6 is 0 Å². The Morgan fingerprint density at radius 3 is 2.62 bits per heavy atom. The van der Waals surface area contributed by atoms with E-state index in [-0.39, 0.29) is 12.4 Å². The molecule has 5 nitrogen and oxygen atoms in total. The van der Waals surface area contributed by atoms with Crippen molar-refractivity contribution in [1.29, 1.82) is 0 Å². The summed E-state index contributed by atoms with van der Waals surface area (Å²) in [6.07, 6.45) is 2.73. The maximum absolute atomic E-state index is 13.2. The number of hydrogen-bond acceptors (Lipinski definition) is 4. The van der Waals surface area contributed by atoms with E-state index in [4.69, 9.17) is 5.11 Å². The highest BCUT2D eigenvalue weighted by Gasteiger charge is 2.14. The zero-order valence-corrected chi connectivity index (χ0v) is 14.3. The number of halogens is 1. The molecule has 1 heterocycles. The lowest BCUT2D eigenvalue weighted by molar-refractivity contribution is 0.0838. The van der Waals surface area contributed by atoms with Crippen LogP contribution in [0, 0.1) is 5.82 Å².